The number of anilines is 1. The number of rotatable bonds is 13. The van der Waals surface area contributed by atoms with Gasteiger partial charge in [-0.2, -0.15) is 0 Å². The summed E-state index contributed by atoms with van der Waals surface area (Å²) in [6, 6.07) is 19.3. The smallest absolute Gasteiger partial charge is 0.264 e. The van der Waals surface area contributed by atoms with E-state index in [4.69, 9.17) is 16.3 Å². The van der Waals surface area contributed by atoms with E-state index in [0.717, 1.165) is 9.87 Å². The lowest BCUT2D eigenvalue weighted by Crippen LogP contribution is -2.52. The average Bonchev–Trinajstić information content (AvgIpc) is 2.95. The summed E-state index contributed by atoms with van der Waals surface area (Å²) in [5.41, 5.74) is 1.65. The minimum atomic E-state index is -4.21. The maximum absolute atomic E-state index is 14.2. The number of hydrogen-bond donors (Lipinski definition) is 1. The number of aryl methyl sites for hydroxylation is 1. The van der Waals surface area contributed by atoms with Crippen LogP contribution in [0.15, 0.2) is 77.7 Å². The highest BCUT2D eigenvalue weighted by atomic mass is 35.5. The number of methoxy groups -OCH3 is 1. The first kappa shape index (κ1) is 32.0. The molecule has 3 aromatic rings. The Balaban J connectivity index is 2.11. The van der Waals surface area contributed by atoms with Gasteiger partial charge in [0.15, 0.2) is 0 Å². The number of benzene rings is 3. The summed E-state index contributed by atoms with van der Waals surface area (Å²) >= 11 is 6.45. The molecule has 3 aromatic carbocycles. The van der Waals surface area contributed by atoms with Crippen molar-refractivity contribution in [1.29, 1.82) is 0 Å². The molecule has 0 fully saturated rings. The Morgan fingerprint density at radius 1 is 1.00 bits per heavy atom. The van der Waals surface area contributed by atoms with Crippen LogP contribution in [0, 0.1) is 12.8 Å². The summed E-state index contributed by atoms with van der Waals surface area (Å²) in [5.74, 6) is -0.363. The number of ether oxygens (including phenoxy) is 1. The Bertz CT molecular complexity index is 1450. The molecule has 0 aliphatic heterocycles. The van der Waals surface area contributed by atoms with Crippen LogP contribution in [-0.4, -0.2) is 51.4 Å². The third-order valence-electron chi connectivity index (χ3n) is 6.58. The number of carbonyl (C=O) groups excluding carboxylic acids is 2. The fourth-order valence-corrected chi connectivity index (χ4v) is 6.01. The summed E-state index contributed by atoms with van der Waals surface area (Å²) in [5, 5.41) is 3.36. The molecule has 0 aliphatic carbocycles. The van der Waals surface area contributed by atoms with Gasteiger partial charge in [0.25, 0.3) is 10.0 Å². The molecule has 220 valence electrons. The molecule has 1 atom stereocenters. The van der Waals surface area contributed by atoms with Crippen LogP contribution in [0.3, 0.4) is 0 Å². The van der Waals surface area contributed by atoms with Crippen LogP contribution in [0.2, 0.25) is 5.02 Å². The van der Waals surface area contributed by atoms with Crippen LogP contribution in [0.5, 0.6) is 5.75 Å². The van der Waals surface area contributed by atoms with Crippen LogP contribution in [0.4, 0.5) is 5.69 Å². The van der Waals surface area contributed by atoms with Gasteiger partial charge in [-0.25, -0.2) is 8.42 Å². The lowest BCUT2D eigenvalue weighted by atomic mass is 10.1. The molecular weight excluding hydrogens is 562 g/mol. The van der Waals surface area contributed by atoms with E-state index in [9.17, 15) is 18.0 Å². The zero-order valence-electron chi connectivity index (χ0n) is 24.1. The summed E-state index contributed by atoms with van der Waals surface area (Å²) in [6.07, 6.45) is 0.319. The number of sulfonamides is 1. The number of nitrogens with zero attached hydrogens (tertiary/aromatic N) is 2. The van der Waals surface area contributed by atoms with Gasteiger partial charge in [-0.1, -0.05) is 74.8 Å². The molecule has 1 N–H and O–H groups in total. The normalized spacial score (nSPS) is 12.1. The summed E-state index contributed by atoms with van der Waals surface area (Å²) in [6.45, 7) is 7.51. The molecule has 2 amide bonds. The lowest BCUT2D eigenvalue weighted by molar-refractivity contribution is -0.140. The molecule has 0 bridgehead atoms. The number of carbonyl (C=O) groups is 2. The Morgan fingerprint density at radius 2 is 1.66 bits per heavy atom. The molecular formula is C31H38ClN3O5S. The standard InChI is InChI=1S/C31H38ClN3O5S/c1-6-27(31(37)33-19-22(2)3)34(20-24-12-10-11-15-26(24)32)30(36)21-35(28-18-23(4)16-17-29(28)40-5)41(38,39)25-13-8-7-9-14-25/h7-18,22,27H,6,19-21H2,1-5H3,(H,33,37)/t27-/m0/s1. The first-order valence-electron chi connectivity index (χ1n) is 13.5. The van der Waals surface area contributed by atoms with Crippen molar-refractivity contribution in [3.63, 3.8) is 0 Å². The average molecular weight is 600 g/mol. The van der Waals surface area contributed by atoms with Gasteiger partial charge in [-0.15, -0.1) is 0 Å². The van der Waals surface area contributed by atoms with Crippen LogP contribution in [0.25, 0.3) is 0 Å². The summed E-state index contributed by atoms with van der Waals surface area (Å²) in [7, 11) is -2.76. The highest BCUT2D eigenvalue weighted by Gasteiger charge is 2.35. The van der Waals surface area contributed by atoms with E-state index >= 15 is 0 Å². The molecule has 0 aromatic heterocycles. The van der Waals surface area contributed by atoms with Gasteiger partial charge in [0, 0.05) is 18.1 Å². The zero-order valence-corrected chi connectivity index (χ0v) is 25.7. The number of nitrogens with one attached hydrogen (secondary N) is 1. The van der Waals surface area contributed by atoms with Crippen molar-refractivity contribution in [2.75, 3.05) is 24.5 Å². The Hall–Kier alpha value is -3.56. The van der Waals surface area contributed by atoms with Gasteiger partial charge in [-0.05, 0) is 60.7 Å². The van der Waals surface area contributed by atoms with E-state index in [2.05, 4.69) is 5.32 Å². The van der Waals surface area contributed by atoms with Crippen LogP contribution in [-0.2, 0) is 26.2 Å². The second kappa shape index (κ2) is 14.4. The van der Waals surface area contributed by atoms with E-state index in [1.54, 1.807) is 60.7 Å². The maximum Gasteiger partial charge on any atom is 0.264 e. The second-order valence-corrected chi connectivity index (χ2v) is 12.4. The predicted molar refractivity (Wildman–Crippen MR) is 163 cm³/mol. The van der Waals surface area contributed by atoms with Gasteiger partial charge in [-0.3, -0.25) is 13.9 Å². The monoisotopic (exact) mass is 599 g/mol. The van der Waals surface area contributed by atoms with E-state index in [0.29, 0.717) is 29.3 Å². The van der Waals surface area contributed by atoms with Crippen molar-refractivity contribution in [3.05, 3.63) is 88.9 Å². The van der Waals surface area contributed by atoms with E-state index < -0.39 is 28.5 Å². The number of halogens is 1. The van der Waals surface area contributed by atoms with E-state index in [1.807, 2.05) is 27.7 Å². The molecule has 10 heteroatoms. The fourth-order valence-electron chi connectivity index (χ4n) is 4.38. The number of hydrogen-bond acceptors (Lipinski definition) is 5. The molecule has 8 nitrogen and oxygen atoms in total. The van der Waals surface area contributed by atoms with Gasteiger partial charge < -0.3 is 15.0 Å². The fraction of sp³-hybridized carbons (Fsp3) is 0.355. The Kier molecular flexibility index (Phi) is 11.2. The molecule has 0 spiro atoms. The second-order valence-electron chi connectivity index (χ2n) is 10.2. The van der Waals surface area contributed by atoms with Crippen LogP contribution in [0.1, 0.15) is 38.3 Å². The van der Waals surface area contributed by atoms with Crippen molar-refractivity contribution in [2.45, 2.75) is 51.6 Å². The van der Waals surface area contributed by atoms with Gasteiger partial charge in [0.1, 0.15) is 18.3 Å². The predicted octanol–water partition coefficient (Wildman–Crippen LogP) is 5.43. The van der Waals surface area contributed by atoms with Crippen LogP contribution < -0.4 is 14.4 Å². The highest BCUT2D eigenvalue weighted by Crippen LogP contribution is 2.34. The summed E-state index contributed by atoms with van der Waals surface area (Å²) < 4.78 is 34.6. The minimum absolute atomic E-state index is 0.0238. The molecule has 41 heavy (non-hydrogen) atoms. The van der Waals surface area contributed by atoms with Crippen molar-refractivity contribution in [3.8, 4) is 5.75 Å². The van der Waals surface area contributed by atoms with Crippen molar-refractivity contribution in [1.82, 2.24) is 10.2 Å². The molecule has 3 rings (SSSR count). The quantitative estimate of drug-likeness (QED) is 0.283. The first-order valence-corrected chi connectivity index (χ1v) is 15.3. The molecule has 0 aliphatic rings. The largest absolute Gasteiger partial charge is 0.495 e. The van der Waals surface area contributed by atoms with Crippen molar-refractivity contribution < 1.29 is 22.7 Å². The van der Waals surface area contributed by atoms with Gasteiger partial charge in [0.05, 0.1) is 17.7 Å². The van der Waals surface area contributed by atoms with Crippen LogP contribution >= 0.6 is 11.6 Å². The number of amides is 2. The molecule has 0 unspecified atom stereocenters. The first-order chi connectivity index (χ1) is 19.5. The van der Waals surface area contributed by atoms with Gasteiger partial charge in [0.2, 0.25) is 11.8 Å². The lowest BCUT2D eigenvalue weighted by Gasteiger charge is -2.34. The molecule has 0 saturated carbocycles. The topological polar surface area (TPSA) is 96.0 Å². The zero-order chi connectivity index (χ0) is 30.2. The molecule has 0 saturated heterocycles. The Labute approximate surface area is 248 Å². The van der Waals surface area contributed by atoms with Gasteiger partial charge >= 0.3 is 0 Å². The SMILES string of the molecule is CC[C@@H](C(=O)NCC(C)C)N(Cc1ccccc1Cl)C(=O)CN(c1cc(C)ccc1OC)S(=O)(=O)c1ccccc1. The summed E-state index contributed by atoms with van der Waals surface area (Å²) in [4.78, 5) is 29.0. The minimum Gasteiger partial charge on any atom is -0.495 e. The highest BCUT2D eigenvalue weighted by molar-refractivity contribution is 7.92. The molecule has 0 heterocycles. The Morgan fingerprint density at radius 3 is 2.27 bits per heavy atom. The third kappa shape index (κ3) is 8.01. The third-order valence-corrected chi connectivity index (χ3v) is 8.72. The molecule has 0 radical (unpaired) electrons. The van der Waals surface area contributed by atoms with E-state index in [-0.39, 0.29) is 29.0 Å². The van der Waals surface area contributed by atoms with Crippen molar-refractivity contribution >= 4 is 39.1 Å². The van der Waals surface area contributed by atoms with E-state index in [1.165, 1.54) is 24.1 Å². The maximum atomic E-state index is 14.2. The van der Waals surface area contributed by atoms with Crippen molar-refractivity contribution in [2.24, 2.45) is 5.92 Å².